The molecular weight excluding hydrogens is 490 g/mol. The van der Waals surface area contributed by atoms with Crippen LogP contribution in [0.4, 0.5) is 10.5 Å². The monoisotopic (exact) mass is 515 g/mol. The molecule has 2 aromatic carbocycles. The molecule has 1 aliphatic rings. The van der Waals surface area contributed by atoms with E-state index in [4.69, 9.17) is 9.15 Å². The van der Waals surface area contributed by atoms with Crippen molar-refractivity contribution in [3.63, 3.8) is 0 Å². The Balaban J connectivity index is 1.37. The predicted octanol–water partition coefficient (Wildman–Crippen LogP) is 5.28. The van der Waals surface area contributed by atoms with E-state index in [-0.39, 0.29) is 24.9 Å². The van der Waals surface area contributed by atoms with E-state index < -0.39 is 18.2 Å². The van der Waals surface area contributed by atoms with Gasteiger partial charge in [-0.05, 0) is 53.8 Å². The highest BCUT2D eigenvalue weighted by atomic mass is 32.1. The summed E-state index contributed by atoms with van der Waals surface area (Å²) in [5.74, 6) is 0.0516. The Morgan fingerprint density at radius 1 is 1.03 bits per heavy atom. The Labute approximate surface area is 217 Å². The smallest absolute Gasteiger partial charge is 0.411 e. The number of anilines is 1. The third-order valence-corrected chi connectivity index (χ3v) is 6.92. The topological polar surface area (TPSA) is 101 Å². The molecule has 3 amide bonds. The van der Waals surface area contributed by atoms with Crippen molar-refractivity contribution in [3.05, 3.63) is 112 Å². The fourth-order valence-corrected chi connectivity index (χ4v) is 4.88. The van der Waals surface area contributed by atoms with Crippen molar-refractivity contribution in [3.8, 4) is 0 Å². The van der Waals surface area contributed by atoms with E-state index in [2.05, 4.69) is 10.6 Å². The SMILES string of the molecule is Cc1cccc(CN2C(=O)O[C@H](c3ccc(NC(=O)c4cccs4)cc3)[C@H]2C(=O)NCc2ccco2)c1. The lowest BCUT2D eigenvalue weighted by Gasteiger charge is -2.24. The number of benzene rings is 2. The minimum atomic E-state index is -0.894. The lowest BCUT2D eigenvalue weighted by molar-refractivity contribution is -0.126. The fraction of sp³-hybridized carbons (Fsp3) is 0.179. The summed E-state index contributed by atoms with van der Waals surface area (Å²) in [6.07, 6.45) is 0.144. The Hall–Kier alpha value is -4.37. The first-order valence-corrected chi connectivity index (χ1v) is 12.6. The minimum absolute atomic E-state index is 0.190. The van der Waals surface area contributed by atoms with Crippen LogP contribution in [0.25, 0.3) is 0 Å². The van der Waals surface area contributed by atoms with Crippen LogP contribution >= 0.6 is 11.3 Å². The maximum absolute atomic E-state index is 13.4. The zero-order valence-electron chi connectivity index (χ0n) is 20.0. The van der Waals surface area contributed by atoms with Gasteiger partial charge in [0.15, 0.2) is 12.1 Å². The van der Waals surface area contributed by atoms with E-state index in [0.717, 1.165) is 11.1 Å². The maximum atomic E-state index is 13.4. The lowest BCUT2D eigenvalue weighted by atomic mass is 10.00. The second-order valence-electron chi connectivity index (χ2n) is 8.72. The van der Waals surface area contributed by atoms with Crippen LogP contribution in [0.5, 0.6) is 0 Å². The molecule has 1 aliphatic heterocycles. The van der Waals surface area contributed by atoms with Gasteiger partial charge in [0.05, 0.1) is 24.2 Å². The van der Waals surface area contributed by atoms with Crippen LogP contribution in [-0.4, -0.2) is 28.8 Å². The van der Waals surface area contributed by atoms with E-state index in [9.17, 15) is 14.4 Å². The molecule has 2 atom stereocenters. The minimum Gasteiger partial charge on any atom is -0.467 e. The first-order valence-electron chi connectivity index (χ1n) is 11.8. The second kappa shape index (κ2) is 10.7. The van der Waals surface area contributed by atoms with E-state index >= 15 is 0 Å². The second-order valence-corrected chi connectivity index (χ2v) is 9.66. The number of cyclic esters (lactones) is 1. The molecule has 2 aromatic heterocycles. The highest BCUT2D eigenvalue weighted by Crippen LogP contribution is 2.34. The van der Waals surface area contributed by atoms with Crippen molar-refractivity contribution in [2.24, 2.45) is 0 Å². The zero-order chi connectivity index (χ0) is 25.8. The quantitative estimate of drug-likeness (QED) is 0.333. The summed E-state index contributed by atoms with van der Waals surface area (Å²) in [5.41, 5.74) is 3.20. The number of nitrogens with zero attached hydrogens (tertiary/aromatic N) is 1. The fourth-order valence-electron chi connectivity index (χ4n) is 4.27. The largest absolute Gasteiger partial charge is 0.467 e. The van der Waals surface area contributed by atoms with Gasteiger partial charge in [-0.15, -0.1) is 11.3 Å². The number of ether oxygens (including phenoxy) is 1. The van der Waals surface area contributed by atoms with Crippen LogP contribution in [0.3, 0.4) is 0 Å². The maximum Gasteiger partial charge on any atom is 0.411 e. The standard InChI is InChI=1S/C28H25N3O5S/c1-18-5-2-6-19(15-18)17-31-24(27(33)29-16-22-7-3-13-35-22)25(36-28(31)34)20-9-11-21(12-10-20)30-26(32)23-8-4-14-37-23/h2-15,24-25H,16-17H2,1H3,(H,29,33)(H,30,32)/t24-,25+/m0/s1. The van der Waals surface area contributed by atoms with Gasteiger partial charge in [-0.25, -0.2) is 4.79 Å². The Bertz CT molecular complexity index is 1380. The molecular formula is C28H25N3O5S. The number of aryl methyl sites for hydroxylation is 1. The average molecular weight is 516 g/mol. The van der Waals surface area contributed by atoms with Crippen LogP contribution in [0.2, 0.25) is 0 Å². The molecule has 188 valence electrons. The summed E-state index contributed by atoms with van der Waals surface area (Å²) in [7, 11) is 0. The van der Waals surface area contributed by atoms with E-state index in [1.165, 1.54) is 22.5 Å². The molecule has 0 saturated carbocycles. The molecule has 0 radical (unpaired) electrons. The third kappa shape index (κ3) is 5.57. The Kier molecular flexibility index (Phi) is 7.04. The highest BCUT2D eigenvalue weighted by Gasteiger charge is 2.47. The summed E-state index contributed by atoms with van der Waals surface area (Å²) in [6, 6.07) is 20.9. The van der Waals surface area contributed by atoms with Crippen molar-refractivity contribution < 1.29 is 23.5 Å². The van der Waals surface area contributed by atoms with Gasteiger partial charge < -0.3 is 19.8 Å². The van der Waals surface area contributed by atoms with Gasteiger partial charge in [0.25, 0.3) is 5.91 Å². The number of nitrogens with one attached hydrogen (secondary N) is 2. The van der Waals surface area contributed by atoms with Crippen LogP contribution in [-0.2, 0) is 22.6 Å². The molecule has 0 bridgehead atoms. The number of rotatable bonds is 8. The summed E-state index contributed by atoms with van der Waals surface area (Å²) in [4.78, 5) is 40.8. The van der Waals surface area contributed by atoms with E-state index in [0.29, 0.717) is 21.9 Å². The summed E-state index contributed by atoms with van der Waals surface area (Å²) in [5, 5.41) is 7.56. The summed E-state index contributed by atoms with van der Waals surface area (Å²) < 4.78 is 11.1. The van der Waals surface area contributed by atoms with Gasteiger partial charge in [-0.1, -0.05) is 48.0 Å². The third-order valence-electron chi connectivity index (χ3n) is 6.05. The Morgan fingerprint density at radius 2 is 1.86 bits per heavy atom. The number of amides is 3. The number of hydrogen-bond donors (Lipinski definition) is 2. The van der Waals surface area contributed by atoms with E-state index in [1.807, 2.05) is 42.6 Å². The van der Waals surface area contributed by atoms with Gasteiger partial charge in [0, 0.05) is 5.69 Å². The van der Waals surface area contributed by atoms with Gasteiger partial charge in [-0.2, -0.15) is 0 Å². The molecule has 8 nitrogen and oxygen atoms in total. The molecule has 1 saturated heterocycles. The van der Waals surface area contributed by atoms with Gasteiger partial charge in [0.1, 0.15) is 5.76 Å². The first kappa shape index (κ1) is 24.3. The molecule has 9 heteroatoms. The number of hydrogen-bond acceptors (Lipinski definition) is 6. The van der Waals surface area contributed by atoms with Crippen LogP contribution in [0.15, 0.2) is 88.9 Å². The number of carbonyl (C=O) groups excluding carboxylic acids is 3. The number of furan rings is 1. The van der Waals surface area contributed by atoms with Gasteiger partial charge in [0.2, 0.25) is 5.91 Å². The van der Waals surface area contributed by atoms with Crippen LogP contribution in [0, 0.1) is 6.92 Å². The predicted molar refractivity (Wildman–Crippen MR) is 139 cm³/mol. The Morgan fingerprint density at radius 3 is 2.57 bits per heavy atom. The lowest BCUT2D eigenvalue weighted by Crippen LogP contribution is -2.46. The van der Waals surface area contributed by atoms with Crippen molar-refractivity contribution >= 4 is 34.9 Å². The van der Waals surface area contributed by atoms with Gasteiger partial charge >= 0.3 is 6.09 Å². The van der Waals surface area contributed by atoms with Crippen molar-refractivity contribution in [2.75, 3.05) is 5.32 Å². The number of carbonyl (C=O) groups is 3. The highest BCUT2D eigenvalue weighted by molar-refractivity contribution is 7.12. The molecule has 3 heterocycles. The average Bonchev–Trinajstić information content (AvgIpc) is 3.66. The van der Waals surface area contributed by atoms with E-state index in [1.54, 1.807) is 42.5 Å². The molecule has 0 unspecified atom stereocenters. The van der Waals surface area contributed by atoms with Crippen molar-refractivity contribution in [1.82, 2.24) is 10.2 Å². The summed E-state index contributed by atoms with van der Waals surface area (Å²) in [6.45, 7) is 2.39. The summed E-state index contributed by atoms with van der Waals surface area (Å²) >= 11 is 1.36. The number of thiophene rings is 1. The van der Waals surface area contributed by atoms with Crippen molar-refractivity contribution in [2.45, 2.75) is 32.2 Å². The molecule has 5 rings (SSSR count). The molecule has 0 spiro atoms. The van der Waals surface area contributed by atoms with Crippen LogP contribution in [0.1, 0.15) is 38.2 Å². The molecule has 2 N–H and O–H groups in total. The first-order chi connectivity index (χ1) is 18.0. The van der Waals surface area contributed by atoms with Crippen molar-refractivity contribution in [1.29, 1.82) is 0 Å². The molecule has 4 aromatic rings. The van der Waals surface area contributed by atoms with Gasteiger partial charge in [-0.3, -0.25) is 14.5 Å². The molecule has 0 aliphatic carbocycles. The molecule has 1 fully saturated rings. The normalized spacial score (nSPS) is 16.9. The zero-order valence-corrected chi connectivity index (χ0v) is 20.9. The van der Waals surface area contributed by atoms with Crippen LogP contribution < -0.4 is 10.6 Å². The molecule has 37 heavy (non-hydrogen) atoms.